The van der Waals surface area contributed by atoms with Crippen molar-refractivity contribution in [1.29, 1.82) is 0 Å². The molecular formula is C59H97FN2O16. The van der Waals surface area contributed by atoms with E-state index in [1.807, 2.05) is 24.8 Å². The average molecular weight is 1110 g/mol. The fourth-order valence-corrected chi connectivity index (χ4v) is 15.9. The summed E-state index contributed by atoms with van der Waals surface area (Å²) in [4.78, 5) is 43.5. The number of carbonyl (C=O) groups is 3. The molecule has 7 rings (SSSR count). The minimum Gasteiger partial charge on any atom is -0.459 e. The van der Waals surface area contributed by atoms with Gasteiger partial charge in [-0.25, -0.2) is 4.39 Å². The Hall–Kier alpha value is -2.50. The number of hydrogen-bond acceptors (Lipinski definition) is 17. The minimum atomic E-state index is -2.12. The molecule has 1 amide bonds. The van der Waals surface area contributed by atoms with Gasteiger partial charge in [0.2, 0.25) is 0 Å². The summed E-state index contributed by atoms with van der Waals surface area (Å²) >= 11 is 0. The molecule has 7 aliphatic rings. The van der Waals surface area contributed by atoms with E-state index >= 15 is 4.39 Å². The normalized spacial score (nSPS) is 50.8. The molecule has 0 aromatic carbocycles. The molecule has 2 unspecified atom stereocenters. The van der Waals surface area contributed by atoms with E-state index in [0.717, 1.165) is 0 Å². The summed E-state index contributed by atoms with van der Waals surface area (Å²) in [6.07, 6.45) is -4.74. The molecule has 3 saturated heterocycles. The lowest BCUT2D eigenvalue weighted by molar-refractivity contribution is -0.314. The topological polar surface area (TPSA) is 263 Å². The zero-order chi connectivity index (χ0) is 58.0. The Balaban J connectivity index is 1.14. The first-order chi connectivity index (χ1) is 36.2. The number of ether oxygens (including phenoxy) is 6. The number of halogens is 1. The van der Waals surface area contributed by atoms with Gasteiger partial charge in [-0.2, -0.15) is 0 Å². The lowest BCUT2D eigenvalue weighted by Crippen LogP contribution is -2.69. The molecule has 0 spiro atoms. The number of cyclic esters (lactones) is 1. The maximum atomic E-state index is 17.9. The molecule has 78 heavy (non-hydrogen) atoms. The van der Waals surface area contributed by atoms with Gasteiger partial charge in [0.15, 0.2) is 29.6 Å². The van der Waals surface area contributed by atoms with E-state index in [9.17, 15) is 50.1 Å². The SMILES string of the molecule is CC[C@H]1OC(=O)[C@H](C)[C@@H](O[C@H]2C[C@@](C)(OC)[C@@H](O)[C@H](C)O2)[C@H](C)[C@@H](O[C@@H]2O[C@H](C)CC[C@H]2O)[C@](C)(O)C[C@@H](C)CN(CCCNC(=O)[C@@]2(O)[C@H](C)CC3C4CC=C5CC(=O)C=C[C@]5(C)[C@@]4(F)[C@@H](O)C[C@@]32C)[C@H](C)[C@@H](O)[C@]1(C)O. The summed E-state index contributed by atoms with van der Waals surface area (Å²) in [5.74, 6) is -5.60. The van der Waals surface area contributed by atoms with Crippen LogP contribution in [0.1, 0.15) is 154 Å². The Bertz CT molecular complexity index is 2220. The van der Waals surface area contributed by atoms with E-state index in [-0.39, 0.29) is 76.0 Å². The fraction of sp³-hybridized carbons (Fsp3) is 0.881. The number of rotatable bonds is 11. The Morgan fingerprint density at radius 3 is 2.23 bits per heavy atom. The number of aliphatic hydroxyl groups is 7. The van der Waals surface area contributed by atoms with E-state index in [0.29, 0.717) is 31.3 Å². The van der Waals surface area contributed by atoms with E-state index in [1.165, 1.54) is 20.1 Å². The Morgan fingerprint density at radius 1 is 0.897 bits per heavy atom. The summed E-state index contributed by atoms with van der Waals surface area (Å²) in [5, 5.41) is 87.4. The first kappa shape index (κ1) is 63.1. The van der Waals surface area contributed by atoms with Crippen molar-refractivity contribution in [3.05, 3.63) is 23.8 Å². The maximum absolute atomic E-state index is 17.9. The summed E-state index contributed by atoms with van der Waals surface area (Å²) in [6, 6.07) is -0.795. The van der Waals surface area contributed by atoms with E-state index in [2.05, 4.69) is 5.32 Å². The number of alkyl halides is 1. The highest BCUT2D eigenvalue weighted by atomic mass is 19.1. The van der Waals surface area contributed by atoms with Crippen LogP contribution in [-0.2, 0) is 42.8 Å². The largest absolute Gasteiger partial charge is 0.459 e. The van der Waals surface area contributed by atoms with Gasteiger partial charge in [-0.1, -0.05) is 52.3 Å². The van der Waals surface area contributed by atoms with Gasteiger partial charge in [-0.15, -0.1) is 0 Å². The van der Waals surface area contributed by atoms with Crippen LogP contribution in [-0.4, -0.2) is 187 Å². The number of methoxy groups -OCH3 is 1. The quantitative estimate of drug-likeness (QED) is 0.0800. The second kappa shape index (κ2) is 23.3. The highest BCUT2D eigenvalue weighted by Gasteiger charge is 2.75. The van der Waals surface area contributed by atoms with Crippen molar-refractivity contribution in [3.8, 4) is 0 Å². The molecule has 19 heteroatoms. The Morgan fingerprint density at radius 2 is 1.58 bits per heavy atom. The third-order valence-corrected chi connectivity index (χ3v) is 20.7. The number of esters is 1. The lowest BCUT2D eigenvalue weighted by atomic mass is 9.45. The third kappa shape index (κ3) is 11.1. The number of hydrogen-bond donors (Lipinski definition) is 8. The number of nitrogens with zero attached hydrogens (tertiary/aromatic N) is 1. The monoisotopic (exact) mass is 1110 g/mol. The first-order valence-corrected chi connectivity index (χ1v) is 29.1. The van der Waals surface area contributed by atoms with Crippen molar-refractivity contribution in [2.24, 2.45) is 46.3 Å². The number of allylic oxidation sites excluding steroid dienone is 4. The molecule has 0 aromatic rings. The zero-order valence-corrected chi connectivity index (χ0v) is 48.9. The second-order valence-corrected chi connectivity index (χ2v) is 26.4. The van der Waals surface area contributed by atoms with E-state index in [1.54, 1.807) is 75.3 Å². The van der Waals surface area contributed by atoms with Crippen LogP contribution >= 0.6 is 0 Å². The van der Waals surface area contributed by atoms with Crippen molar-refractivity contribution in [1.82, 2.24) is 10.2 Å². The molecule has 8 N–H and O–H groups in total. The number of ketones is 1. The Kier molecular flexibility index (Phi) is 18.8. The van der Waals surface area contributed by atoms with E-state index < -0.39 is 148 Å². The summed E-state index contributed by atoms with van der Waals surface area (Å²) in [6.45, 7) is 23.1. The number of fused-ring (bicyclic) bond motifs is 5. The van der Waals surface area contributed by atoms with Crippen LogP contribution in [0.15, 0.2) is 23.8 Å². The number of carbonyl (C=O) groups excluding carboxylic acids is 3. The van der Waals surface area contributed by atoms with Gasteiger partial charge in [0.25, 0.3) is 5.91 Å². The second-order valence-electron chi connectivity index (χ2n) is 26.4. The van der Waals surface area contributed by atoms with Gasteiger partial charge in [-0.05, 0) is 131 Å². The van der Waals surface area contributed by atoms with Crippen molar-refractivity contribution in [2.75, 3.05) is 26.7 Å². The lowest BCUT2D eigenvalue weighted by Gasteiger charge is -2.61. The van der Waals surface area contributed by atoms with Crippen LogP contribution in [0.4, 0.5) is 4.39 Å². The van der Waals surface area contributed by atoms with Crippen LogP contribution in [0, 0.1) is 46.3 Å². The zero-order valence-electron chi connectivity index (χ0n) is 48.9. The van der Waals surface area contributed by atoms with Gasteiger partial charge in [0.05, 0.1) is 47.6 Å². The van der Waals surface area contributed by atoms with Gasteiger partial charge in [0.1, 0.15) is 30.0 Å². The van der Waals surface area contributed by atoms with Crippen LogP contribution in [0.2, 0.25) is 0 Å². The highest BCUT2D eigenvalue weighted by molar-refractivity contribution is 5.93. The van der Waals surface area contributed by atoms with Crippen LogP contribution in [0.3, 0.4) is 0 Å². The first-order valence-electron chi connectivity index (χ1n) is 29.1. The molecule has 5 fully saturated rings. The van der Waals surface area contributed by atoms with Gasteiger partial charge in [0, 0.05) is 68.3 Å². The Labute approximate surface area is 462 Å². The maximum Gasteiger partial charge on any atom is 0.311 e. The highest BCUT2D eigenvalue weighted by Crippen LogP contribution is 2.70. The molecule has 0 radical (unpaired) electrons. The smallest absolute Gasteiger partial charge is 0.311 e. The standard InChI is InChI=1S/C59H97FN2O16/c1-15-44-57(13,71)47(66)36(7)62(24-16-23-61-52(69)59(72)32(3)25-41-40-19-18-38-26-39(63)21-22-53(38,9)58(40,60)43(65)28-54(41,59)10)30-31(2)27-55(11,70)49(78-51-42(64)20-17-33(4)74-51)34(5)46(35(6)50(68)76-44)77-45-29-56(12,73-14)48(67)37(8)75-45/h18,21-22,31-37,40-49,51,64-67,70-72H,15-17,19-20,23-30H2,1-14H3,(H,61,69)/t31-,32-,33-,34+,35-,36-,37+,40?,41?,42-,43+,44-,45+,46+,47-,48+,49-,51+,53+,54+,55-,56-,57-,58+,59+/m1/s1. The summed E-state index contributed by atoms with van der Waals surface area (Å²) < 4.78 is 55.7. The fourth-order valence-electron chi connectivity index (χ4n) is 15.9. The van der Waals surface area contributed by atoms with Crippen molar-refractivity contribution in [2.45, 2.75) is 256 Å². The molecule has 2 saturated carbocycles. The van der Waals surface area contributed by atoms with Crippen LogP contribution < -0.4 is 5.32 Å². The predicted octanol–water partition coefficient (Wildman–Crippen LogP) is 4.59. The van der Waals surface area contributed by atoms with Gasteiger partial charge in [-0.3, -0.25) is 19.3 Å². The molecule has 0 bridgehead atoms. The van der Waals surface area contributed by atoms with Crippen LogP contribution in [0.5, 0.6) is 0 Å². The molecule has 3 heterocycles. The number of aliphatic hydroxyl groups excluding tert-OH is 4. The minimum absolute atomic E-state index is 0.0736. The predicted molar refractivity (Wildman–Crippen MR) is 286 cm³/mol. The molecule has 18 nitrogen and oxygen atoms in total. The molecule has 3 aliphatic heterocycles. The molecule has 446 valence electrons. The van der Waals surface area contributed by atoms with Crippen molar-refractivity contribution in [3.63, 3.8) is 0 Å². The summed E-state index contributed by atoms with van der Waals surface area (Å²) in [5.41, 5.74) is -10.7. The van der Waals surface area contributed by atoms with Crippen molar-refractivity contribution < 1.29 is 82.9 Å². The van der Waals surface area contributed by atoms with Crippen molar-refractivity contribution >= 4 is 17.7 Å². The molecule has 0 aromatic heterocycles. The number of nitrogens with one attached hydrogen (secondary N) is 1. The summed E-state index contributed by atoms with van der Waals surface area (Å²) in [7, 11) is 1.48. The molecular weight excluding hydrogens is 1010 g/mol. The number of amides is 1. The molecule has 25 atom stereocenters. The molecule has 4 aliphatic carbocycles. The van der Waals surface area contributed by atoms with Gasteiger partial charge < -0.3 is 69.5 Å². The van der Waals surface area contributed by atoms with E-state index in [4.69, 9.17) is 28.4 Å². The third-order valence-electron chi connectivity index (χ3n) is 20.7. The van der Waals surface area contributed by atoms with Gasteiger partial charge >= 0.3 is 5.97 Å². The average Bonchev–Trinajstić information content (AvgIpc) is 3.62. The van der Waals surface area contributed by atoms with Crippen LogP contribution in [0.25, 0.3) is 0 Å².